The zero-order valence-electron chi connectivity index (χ0n) is 27.6. The average Bonchev–Trinajstić information content (AvgIpc) is 3.70. The van der Waals surface area contributed by atoms with Crippen LogP contribution in [0.15, 0.2) is 87.9 Å². The lowest BCUT2D eigenvalue weighted by atomic mass is 9.97. The van der Waals surface area contributed by atoms with Crippen LogP contribution in [0.5, 0.6) is 5.75 Å². The number of benzene rings is 3. The maximum absolute atomic E-state index is 13.6. The fourth-order valence-electron chi connectivity index (χ4n) is 5.32. The van der Waals surface area contributed by atoms with E-state index < -0.39 is 10.0 Å². The van der Waals surface area contributed by atoms with Gasteiger partial charge in [0.15, 0.2) is 11.0 Å². The fourth-order valence-corrected chi connectivity index (χ4v) is 7.56. The number of nitrogens with one attached hydrogen (secondary N) is 1. The van der Waals surface area contributed by atoms with E-state index >= 15 is 0 Å². The van der Waals surface area contributed by atoms with Gasteiger partial charge < -0.3 is 14.6 Å². The second-order valence-electron chi connectivity index (χ2n) is 11.2. The summed E-state index contributed by atoms with van der Waals surface area (Å²) in [5, 5.41) is 18.1. The highest BCUT2D eigenvalue weighted by Gasteiger charge is 2.33. The van der Waals surface area contributed by atoms with E-state index in [9.17, 15) is 18.0 Å². The van der Waals surface area contributed by atoms with Crippen LogP contribution in [0.2, 0.25) is 0 Å². The molecule has 0 saturated heterocycles. The van der Waals surface area contributed by atoms with E-state index in [1.807, 2.05) is 55.5 Å². The summed E-state index contributed by atoms with van der Waals surface area (Å²) in [5.74, 6) is 0.784. The first-order valence-corrected chi connectivity index (χ1v) is 18.0. The third-order valence-corrected chi connectivity index (χ3v) is 11.2. The molecule has 1 aliphatic rings. The van der Waals surface area contributed by atoms with Crippen molar-refractivity contribution in [3.8, 4) is 5.75 Å². The number of amides is 2. The summed E-state index contributed by atoms with van der Waals surface area (Å²) in [6.45, 7) is 6.39. The van der Waals surface area contributed by atoms with Crippen LogP contribution in [0, 0.1) is 6.92 Å². The molecule has 4 aromatic rings. The second-order valence-corrected chi connectivity index (χ2v) is 14.1. The van der Waals surface area contributed by atoms with Crippen LogP contribution in [-0.4, -0.2) is 76.0 Å². The molecule has 0 saturated carbocycles. The molecule has 0 fully saturated rings. The summed E-state index contributed by atoms with van der Waals surface area (Å²) >= 11 is 1.24. The Labute approximate surface area is 285 Å². The summed E-state index contributed by atoms with van der Waals surface area (Å²) in [6.07, 6.45) is 0.577. The Kier molecular flexibility index (Phi) is 11.0. The van der Waals surface area contributed by atoms with Crippen LogP contribution in [-0.2, 0) is 28.4 Å². The Morgan fingerprint density at radius 3 is 2.27 bits per heavy atom. The topological polar surface area (TPSA) is 139 Å². The first-order chi connectivity index (χ1) is 23.0. The number of carbonyl (C=O) groups excluding carboxylic acids is 2. The number of hydrazone groups is 1. The van der Waals surface area contributed by atoms with Gasteiger partial charge in [0, 0.05) is 32.1 Å². The number of hydrogen-bond donors (Lipinski definition) is 1. The minimum absolute atomic E-state index is 0.0861. The van der Waals surface area contributed by atoms with E-state index in [2.05, 4.69) is 15.5 Å². The van der Waals surface area contributed by atoms with Crippen LogP contribution in [0.25, 0.3) is 0 Å². The maximum Gasteiger partial charge on any atom is 0.253 e. The smallest absolute Gasteiger partial charge is 0.253 e. The van der Waals surface area contributed by atoms with Crippen LogP contribution >= 0.6 is 11.8 Å². The molecule has 0 aliphatic carbocycles. The molecule has 2 amide bonds. The van der Waals surface area contributed by atoms with E-state index in [-0.39, 0.29) is 35.0 Å². The van der Waals surface area contributed by atoms with Crippen molar-refractivity contribution < 1.29 is 22.7 Å². The molecular formula is C34H39N7O5S2. The quantitative estimate of drug-likeness (QED) is 0.202. The number of methoxy groups -OCH3 is 1. The van der Waals surface area contributed by atoms with Gasteiger partial charge in [-0.05, 0) is 66.6 Å². The van der Waals surface area contributed by atoms with Crippen molar-refractivity contribution in [2.45, 2.75) is 49.8 Å². The molecule has 252 valence electrons. The molecule has 48 heavy (non-hydrogen) atoms. The van der Waals surface area contributed by atoms with Crippen LogP contribution in [0.3, 0.4) is 0 Å². The molecule has 1 aliphatic heterocycles. The first kappa shape index (κ1) is 34.8. The number of nitrogens with zero attached hydrogens (tertiary/aromatic N) is 6. The van der Waals surface area contributed by atoms with Gasteiger partial charge in [-0.1, -0.05) is 55.4 Å². The number of carbonyl (C=O) groups is 2. The highest BCUT2D eigenvalue weighted by Crippen LogP contribution is 2.34. The normalized spacial score (nSPS) is 14.7. The molecule has 14 heteroatoms. The Hall–Kier alpha value is -4.53. The van der Waals surface area contributed by atoms with Gasteiger partial charge in [-0.15, -0.1) is 10.2 Å². The molecule has 1 atom stereocenters. The summed E-state index contributed by atoms with van der Waals surface area (Å²) < 4.78 is 33.9. The highest BCUT2D eigenvalue weighted by atomic mass is 32.2. The number of sulfonamides is 1. The van der Waals surface area contributed by atoms with E-state index in [1.54, 1.807) is 37.6 Å². The predicted molar refractivity (Wildman–Crippen MR) is 184 cm³/mol. The molecule has 1 unspecified atom stereocenters. The van der Waals surface area contributed by atoms with Crippen LogP contribution in [0.4, 0.5) is 0 Å². The Bertz CT molecular complexity index is 1890. The fraction of sp³-hybridized carbons (Fsp3) is 0.324. The van der Waals surface area contributed by atoms with Crippen LogP contribution < -0.4 is 10.1 Å². The Morgan fingerprint density at radius 1 is 0.979 bits per heavy atom. The molecule has 1 N–H and O–H groups in total. The Morgan fingerprint density at radius 2 is 1.65 bits per heavy atom. The number of aromatic nitrogens is 3. The van der Waals surface area contributed by atoms with E-state index in [0.717, 1.165) is 28.2 Å². The van der Waals surface area contributed by atoms with Gasteiger partial charge in [0.05, 0.1) is 36.1 Å². The summed E-state index contributed by atoms with van der Waals surface area (Å²) in [4.78, 5) is 26.6. The van der Waals surface area contributed by atoms with Gasteiger partial charge in [0.1, 0.15) is 5.75 Å². The third kappa shape index (κ3) is 7.61. The standard InChI is InChI=1S/C34H39N7O5S2/c1-6-40(7-2)48(44,45)28-18-14-26(15-19-28)33(43)35-21-31-36-37-34(39(31)4)47-22-32(42)41-30(25-10-8-23(3)9-11-25)20-29(38-41)24-12-16-27(46-5)17-13-24/h8-19,30H,6-7,20-22H2,1-5H3,(H,35,43). The van der Waals surface area contributed by atoms with E-state index in [4.69, 9.17) is 9.84 Å². The molecule has 2 heterocycles. The van der Waals surface area contributed by atoms with Gasteiger partial charge >= 0.3 is 0 Å². The van der Waals surface area contributed by atoms with Crippen molar-refractivity contribution in [3.63, 3.8) is 0 Å². The van der Waals surface area contributed by atoms with Gasteiger partial charge in [-0.25, -0.2) is 13.4 Å². The zero-order valence-corrected chi connectivity index (χ0v) is 29.2. The number of hydrogen-bond acceptors (Lipinski definition) is 9. The molecule has 1 aromatic heterocycles. The van der Waals surface area contributed by atoms with Crippen molar-refractivity contribution in [1.82, 2.24) is 29.4 Å². The zero-order chi connectivity index (χ0) is 34.4. The van der Waals surface area contributed by atoms with Crippen molar-refractivity contribution in [1.29, 1.82) is 0 Å². The maximum atomic E-state index is 13.6. The van der Waals surface area contributed by atoms with Crippen molar-refractivity contribution in [2.24, 2.45) is 12.1 Å². The number of rotatable bonds is 13. The molecule has 5 rings (SSSR count). The van der Waals surface area contributed by atoms with Gasteiger partial charge in [0.25, 0.3) is 11.8 Å². The molecule has 3 aromatic carbocycles. The van der Waals surface area contributed by atoms with Crippen molar-refractivity contribution >= 4 is 39.3 Å². The molecule has 0 bridgehead atoms. The summed E-state index contributed by atoms with van der Waals surface area (Å²) in [7, 11) is -0.226. The lowest BCUT2D eigenvalue weighted by Crippen LogP contribution is -2.30. The molecule has 12 nitrogen and oxygen atoms in total. The summed E-state index contributed by atoms with van der Waals surface area (Å²) in [5.41, 5.74) is 4.20. The van der Waals surface area contributed by atoms with Gasteiger partial charge in [0.2, 0.25) is 10.0 Å². The predicted octanol–water partition coefficient (Wildman–Crippen LogP) is 4.56. The largest absolute Gasteiger partial charge is 0.497 e. The van der Waals surface area contributed by atoms with Crippen molar-refractivity contribution in [2.75, 3.05) is 26.0 Å². The third-order valence-electron chi connectivity index (χ3n) is 8.17. The van der Waals surface area contributed by atoms with Crippen LogP contribution in [0.1, 0.15) is 59.2 Å². The monoisotopic (exact) mass is 689 g/mol. The lowest BCUT2D eigenvalue weighted by molar-refractivity contribution is -0.130. The summed E-state index contributed by atoms with van der Waals surface area (Å²) in [6, 6.07) is 21.4. The van der Waals surface area contributed by atoms with Gasteiger partial charge in [-0.3, -0.25) is 9.59 Å². The number of ether oxygens (including phenoxy) is 1. The Balaban J connectivity index is 1.22. The highest BCUT2D eigenvalue weighted by molar-refractivity contribution is 7.99. The molecule has 0 radical (unpaired) electrons. The second kappa shape index (κ2) is 15.1. The number of aryl methyl sites for hydroxylation is 1. The van der Waals surface area contributed by atoms with E-state index in [1.165, 1.54) is 40.3 Å². The lowest BCUT2D eigenvalue weighted by Gasteiger charge is -2.22. The first-order valence-electron chi connectivity index (χ1n) is 15.6. The SMILES string of the molecule is CCN(CC)S(=O)(=O)c1ccc(C(=O)NCc2nnc(SCC(=O)N3N=C(c4ccc(OC)cc4)CC3c3ccc(C)cc3)n2C)cc1. The van der Waals surface area contributed by atoms with Crippen molar-refractivity contribution in [3.05, 3.63) is 101 Å². The minimum atomic E-state index is -3.62. The number of thioether (sulfide) groups is 1. The van der Waals surface area contributed by atoms with E-state index in [0.29, 0.717) is 36.1 Å². The van der Waals surface area contributed by atoms with Gasteiger partial charge in [-0.2, -0.15) is 9.41 Å². The molecular weight excluding hydrogens is 651 g/mol. The molecule has 0 spiro atoms. The minimum Gasteiger partial charge on any atom is -0.497 e. The average molecular weight is 690 g/mol.